The van der Waals surface area contributed by atoms with E-state index in [1.807, 2.05) is 0 Å². The average molecular weight is 313 g/mol. The quantitative estimate of drug-likeness (QED) is 0.672. The van der Waals surface area contributed by atoms with Gasteiger partial charge in [-0.1, -0.05) is 15.9 Å². The second-order valence-corrected chi connectivity index (χ2v) is 4.21. The lowest BCUT2D eigenvalue weighted by Crippen LogP contribution is -2.24. The maximum atomic E-state index is 5.59. The fourth-order valence-electron chi connectivity index (χ4n) is 1.29. The molecular formula is C11H21BrO5. The van der Waals surface area contributed by atoms with Gasteiger partial charge in [0.2, 0.25) is 0 Å². The highest BCUT2D eigenvalue weighted by Crippen LogP contribution is 1.99. The monoisotopic (exact) mass is 312 g/mol. The van der Waals surface area contributed by atoms with Gasteiger partial charge in [-0.3, -0.25) is 0 Å². The first kappa shape index (κ1) is 15.3. The molecule has 1 atom stereocenters. The Morgan fingerprint density at radius 3 is 1.71 bits per heavy atom. The van der Waals surface area contributed by atoms with Crippen molar-refractivity contribution in [3.05, 3.63) is 0 Å². The van der Waals surface area contributed by atoms with Crippen molar-refractivity contribution in [3.8, 4) is 0 Å². The smallest absolute Gasteiger partial charge is 0.0906 e. The van der Waals surface area contributed by atoms with Crippen molar-refractivity contribution in [2.45, 2.75) is 6.10 Å². The highest BCUT2D eigenvalue weighted by molar-refractivity contribution is 9.09. The predicted molar refractivity (Wildman–Crippen MR) is 66.8 cm³/mol. The summed E-state index contributed by atoms with van der Waals surface area (Å²) in [4.78, 5) is 0. The zero-order chi connectivity index (χ0) is 12.2. The van der Waals surface area contributed by atoms with Gasteiger partial charge in [0.15, 0.2) is 0 Å². The number of hydrogen-bond acceptors (Lipinski definition) is 5. The van der Waals surface area contributed by atoms with Crippen molar-refractivity contribution < 1.29 is 23.7 Å². The predicted octanol–water partition coefficient (Wildman–Crippen LogP) is 0.847. The molecule has 0 aromatic heterocycles. The van der Waals surface area contributed by atoms with Crippen molar-refractivity contribution in [1.82, 2.24) is 0 Å². The van der Waals surface area contributed by atoms with Crippen LogP contribution < -0.4 is 0 Å². The Balaban J connectivity index is 2.16. The topological polar surface area (TPSA) is 46.2 Å². The minimum Gasteiger partial charge on any atom is -0.377 e. The number of halogens is 1. The van der Waals surface area contributed by atoms with Crippen LogP contribution in [-0.4, -0.2) is 70.9 Å². The fourth-order valence-corrected chi connectivity index (χ4v) is 1.66. The molecule has 1 fully saturated rings. The molecule has 1 saturated heterocycles. The molecular weight excluding hydrogens is 292 g/mol. The Morgan fingerprint density at radius 2 is 1.18 bits per heavy atom. The van der Waals surface area contributed by atoms with Gasteiger partial charge < -0.3 is 23.7 Å². The van der Waals surface area contributed by atoms with Crippen LogP contribution in [0.15, 0.2) is 0 Å². The molecule has 0 spiro atoms. The molecule has 0 radical (unpaired) electrons. The molecule has 1 unspecified atom stereocenters. The van der Waals surface area contributed by atoms with Gasteiger partial charge in [0, 0.05) is 5.33 Å². The van der Waals surface area contributed by atoms with Crippen molar-refractivity contribution in [2.75, 3.05) is 64.8 Å². The lowest BCUT2D eigenvalue weighted by Gasteiger charge is -2.15. The standard InChI is InChI=1S/C11H21BrO5/c12-9-11-10-16-6-5-14-2-1-13-3-4-15-7-8-17-11/h11H,1-10H2. The summed E-state index contributed by atoms with van der Waals surface area (Å²) in [7, 11) is 0. The van der Waals surface area contributed by atoms with Gasteiger partial charge in [0.25, 0.3) is 0 Å². The average Bonchev–Trinajstić information content (AvgIpc) is 2.36. The van der Waals surface area contributed by atoms with Crippen LogP contribution >= 0.6 is 15.9 Å². The zero-order valence-electron chi connectivity index (χ0n) is 10.1. The highest BCUT2D eigenvalue weighted by Gasteiger charge is 2.07. The maximum Gasteiger partial charge on any atom is 0.0906 e. The number of ether oxygens (including phenoxy) is 5. The van der Waals surface area contributed by atoms with Crippen LogP contribution in [0.2, 0.25) is 0 Å². The summed E-state index contributed by atoms with van der Waals surface area (Å²) < 4.78 is 27.0. The van der Waals surface area contributed by atoms with Crippen LogP contribution in [-0.2, 0) is 23.7 Å². The molecule has 102 valence electrons. The van der Waals surface area contributed by atoms with Crippen LogP contribution in [0, 0.1) is 0 Å². The lowest BCUT2D eigenvalue weighted by molar-refractivity contribution is -0.0354. The first-order valence-electron chi connectivity index (χ1n) is 5.92. The normalized spacial score (nSPS) is 27.0. The van der Waals surface area contributed by atoms with E-state index < -0.39 is 0 Å². The van der Waals surface area contributed by atoms with Crippen LogP contribution in [0.5, 0.6) is 0 Å². The zero-order valence-corrected chi connectivity index (χ0v) is 11.7. The van der Waals surface area contributed by atoms with E-state index in [1.54, 1.807) is 0 Å². The van der Waals surface area contributed by atoms with Crippen molar-refractivity contribution in [1.29, 1.82) is 0 Å². The molecule has 1 aliphatic rings. The molecule has 0 amide bonds. The van der Waals surface area contributed by atoms with Crippen LogP contribution in [0.4, 0.5) is 0 Å². The number of rotatable bonds is 1. The number of hydrogen-bond donors (Lipinski definition) is 0. The molecule has 0 saturated carbocycles. The van der Waals surface area contributed by atoms with Gasteiger partial charge >= 0.3 is 0 Å². The molecule has 0 bridgehead atoms. The molecule has 0 aliphatic carbocycles. The Labute approximate surface area is 111 Å². The molecule has 1 aliphatic heterocycles. The molecule has 0 aromatic rings. The van der Waals surface area contributed by atoms with Crippen molar-refractivity contribution in [2.24, 2.45) is 0 Å². The fraction of sp³-hybridized carbons (Fsp3) is 1.00. The molecule has 0 aromatic carbocycles. The van der Waals surface area contributed by atoms with E-state index in [0.29, 0.717) is 59.5 Å². The molecule has 17 heavy (non-hydrogen) atoms. The van der Waals surface area contributed by atoms with Crippen LogP contribution in [0.25, 0.3) is 0 Å². The largest absolute Gasteiger partial charge is 0.377 e. The van der Waals surface area contributed by atoms with Gasteiger partial charge in [-0.25, -0.2) is 0 Å². The third kappa shape index (κ3) is 8.93. The second kappa shape index (κ2) is 11.4. The second-order valence-electron chi connectivity index (χ2n) is 3.56. The van der Waals surface area contributed by atoms with Gasteiger partial charge in [0.1, 0.15) is 0 Å². The van der Waals surface area contributed by atoms with Crippen molar-refractivity contribution in [3.63, 3.8) is 0 Å². The Hall–Kier alpha value is 0.280. The Kier molecular flexibility index (Phi) is 10.3. The van der Waals surface area contributed by atoms with E-state index in [-0.39, 0.29) is 6.10 Å². The summed E-state index contributed by atoms with van der Waals surface area (Å²) in [6.45, 7) is 5.31. The minimum atomic E-state index is 0.0694. The number of alkyl halides is 1. The molecule has 1 heterocycles. The Bertz CT molecular complexity index is 154. The maximum absolute atomic E-state index is 5.59. The minimum absolute atomic E-state index is 0.0694. The third-order valence-electron chi connectivity index (χ3n) is 2.17. The van der Waals surface area contributed by atoms with Gasteiger partial charge in [0.05, 0.1) is 65.6 Å². The molecule has 6 heteroatoms. The third-order valence-corrected chi connectivity index (χ3v) is 2.90. The summed E-state index contributed by atoms with van der Waals surface area (Å²) in [6, 6.07) is 0. The van der Waals surface area contributed by atoms with Gasteiger partial charge in [-0.2, -0.15) is 0 Å². The summed E-state index contributed by atoms with van der Waals surface area (Å²) in [5.41, 5.74) is 0. The molecule has 1 rings (SSSR count). The van der Waals surface area contributed by atoms with Crippen LogP contribution in [0.1, 0.15) is 0 Å². The highest BCUT2D eigenvalue weighted by atomic mass is 79.9. The van der Waals surface area contributed by atoms with Crippen LogP contribution in [0.3, 0.4) is 0 Å². The Morgan fingerprint density at radius 1 is 0.706 bits per heavy atom. The summed E-state index contributed by atoms with van der Waals surface area (Å²) in [5.74, 6) is 0. The van der Waals surface area contributed by atoms with E-state index in [4.69, 9.17) is 23.7 Å². The van der Waals surface area contributed by atoms with Gasteiger partial charge in [-0.15, -0.1) is 0 Å². The van der Waals surface area contributed by atoms with E-state index in [1.165, 1.54) is 0 Å². The lowest BCUT2D eigenvalue weighted by atomic mass is 10.4. The summed E-state index contributed by atoms with van der Waals surface area (Å²) in [6.07, 6.45) is 0.0694. The first-order valence-corrected chi connectivity index (χ1v) is 7.04. The summed E-state index contributed by atoms with van der Waals surface area (Å²) in [5, 5.41) is 0.761. The first-order chi connectivity index (χ1) is 8.43. The van der Waals surface area contributed by atoms with E-state index in [0.717, 1.165) is 5.33 Å². The van der Waals surface area contributed by atoms with E-state index in [2.05, 4.69) is 15.9 Å². The van der Waals surface area contributed by atoms with Crippen molar-refractivity contribution >= 4 is 15.9 Å². The molecule has 0 N–H and O–H groups in total. The van der Waals surface area contributed by atoms with E-state index in [9.17, 15) is 0 Å². The molecule has 5 nitrogen and oxygen atoms in total. The SMILES string of the molecule is BrCC1COCCOCCOCCOCCO1. The summed E-state index contributed by atoms with van der Waals surface area (Å²) >= 11 is 3.39. The van der Waals surface area contributed by atoms with Gasteiger partial charge in [-0.05, 0) is 0 Å². The van der Waals surface area contributed by atoms with E-state index >= 15 is 0 Å².